The van der Waals surface area contributed by atoms with Crippen LogP contribution >= 0.6 is 11.3 Å². The standard InChI is InChI=1S/C23H20N2O4S/c26-19-13-15(23-24-18-5-1-2-6-20(18)30-23)12-16-14-25(9-11-29-22(16)19)21(27)8-7-17-4-3-10-28-17/h1-6,10,12-13,26H,7-9,11,14H2. The van der Waals surface area contributed by atoms with Gasteiger partial charge >= 0.3 is 0 Å². The SMILES string of the molecule is O=C(CCc1ccco1)N1CCOc2c(O)cc(-c3nc4ccccc4s3)cc2C1. The number of furan rings is 1. The summed E-state index contributed by atoms with van der Waals surface area (Å²) in [5, 5.41) is 11.4. The molecule has 152 valence electrons. The molecule has 4 aromatic rings. The normalized spacial score (nSPS) is 13.7. The van der Waals surface area contributed by atoms with E-state index in [4.69, 9.17) is 9.15 Å². The van der Waals surface area contributed by atoms with Gasteiger partial charge in [-0.1, -0.05) is 12.1 Å². The highest BCUT2D eigenvalue weighted by Crippen LogP contribution is 2.39. The highest BCUT2D eigenvalue weighted by atomic mass is 32.1. The number of carbonyl (C=O) groups is 1. The molecule has 5 rings (SSSR count). The molecule has 0 fully saturated rings. The number of fused-ring (bicyclic) bond motifs is 2. The molecule has 0 aliphatic carbocycles. The number of nitrogens with zero attached hydrogens (tertiary/aromatic N) is 2. The monoisotopic (exact) mass is 420 g/mol. The summed E-state index contributed by atoms with van der Waals surface area (Å²) in [5.41, 5.74) is 2.53. The molecule has 7 heteroatoms. The zero-order valence-electron chi connectivity index (χ0n) is 16.2. The van der Waals surface area contributed by atoms with Gasteiger partial charge in [-0.3, -0.25) is 4.79 Å². The Hall–Kier alpha value is -3.32. The first-order valence-corrected chi connectivity index (χ1v) is 10.6. The third-order valence-electron chi connectivity index (χ3n) is 5.17. The van der Waals surface area contributed by atoms with E-state index in [1.807, 2.05) is 42.5 Å². The molecular formula is C23H20N2O4S. The molecule has 0 saturated heterocycles. The quantitative estimate of drug-likeness (QED) is 0.522. The highest BCUT2D eigenvalue weighted by Gasteiger charge is 2.23. The summed E-state index contributed by atoms with van der Waals surface area (Å²) < 4.78 is 12.2. The molecule has 1 aliphatic heterocycles. The fourth-order valence-corrected chi connectivity index (χ4v) is 4.63. The van der Waals surface area contributed by atoms with Gasteiger partial charge in [0, 0.05) is 30.5 Å². The van der Waals surface area contributed by atoms with E-state index in [0.29, 0.717) is 38.3 Å². The lowest BCUT2D eigenvalue weighted by molar-refractivity contribution is -0.132. The van der Waals surface area contributed by atoms with Crippen LogP contribution in [0.15, 0.2) is 59.2 Å². The lowest BCUT2D eigenvalue weighted by atomic mass is 10.1. The van der Waals surface area contributed by atoms with E-state index in [1.54, 1.807) is 28.6 Å². The van der Waals surface area contributed by atoms with Gasteiger partial charge in [0.1, 0.15) is 17.4 Å². The first-order chi connectivity index (χ1) is 14.7. The molecule has 0 atom stereocenters. The lowest BCUT2D eigenvalue weighted by Gasteiger charge is -2.19. The molecule has 0 radical (unpaired) electrons. The summed E-state index contributed by atoms with van der Waals surface area (Å²) in [5.74, 6) is 1.35. The van der Waals surface area contributed by atoms with Gasteiger partial charge < -0.3 is 19.2 Å². The maximum atomic E-state index is 12.8. The number of phenols is 1. The molecule has 0 spiro atoms. The molecule has 2 aromatic heterocycles. The maximum Gasteiger partial charge on any atom is 0.223 e. The number of phenolic OH excluding ortho intramolecular Hbond substituents is 1. The van der Waals surface area contributed by atoms with Crippen molar-refractivity contribution in [3.05, 3.63) is 66.1 Å². The first-order valence-electron chi connectivity index (χ1n) is 9.82. The van der Waals surface area contributed by atoms with Gasteiger partial charge in [0.2, 0.25) is 5.91 Å². The summed E-state index contributed by atoms with van der Waals surface area (Å²) >= 11 is 1.57. The Morgan fingerprint density at radius 1 is 1.20 bits per heavy atom. The number of thiazole rings is 1. The summed E-state index contributed by atoms with van der Waals surface area (Å²) in [6.07, 6.45) is 2.54. The van der Waals surface area contributed by atoms with Gasteiger partial charge in [-0.05, 0) is 36.4 Å². The molecule has 6 nitrogen and oxygen atoms in total. The van der Waals surface area contributed by atoms with E-state index in [2.05, 4.69) is 4.98 Å². The van der Waals surface area contributed by atoms with Gasteiger partial charge in [0.05, 0.1) is 23.0 Å². The predicted molar refractivity (Wildman–Crippen MR) is 115 cm³/mol. The molecule has 1 amide bonds. The van der Waals surface area contributed by atoms with Crippen molar-refractivity contribution in [2.75, 3.05) is 13.2 Å². The molecule has 0 saturated carbocycles. The number of aromatic nitrogens is 1. The van der Waals surface area contributed by atoms with Crippen LogP contribution in [0.5, 0.6) is 11.5 Å². The highest BCUT2D eigenvalue weighted by molar-refractivity contribution is 7.21. The Kier molecular flexibility index (Phi) is 4.88. The number of hydrogen-bond acceptors (Lipinski definition) is 6. The first kappa shape index (κ1) is 18.7. The van der Waals surface area contributed by atoms with Crippen LogP contribution in [0.3, 0.4) is 0 Å². The molecule has 0 bridgehead atoms. The van der Waals surface area contributed by atoms with E-state index in [9.17, 15) is 9.90 Å². The molecule has 3 heterocycles. The van der Waals surface area contributed by atoms with Crippen molar-refractivity contribution in [1.29, 1.82) is 0 Å². The maximum absolute atomic E-state index is 12.8. The van der Waals surface area contributed by atoms with Crippen molar-refractivity contribution in [3.63, 3.8) is 0 Å². The third-order valence-corrected chi connectivity index (χ3v) is 6.26. The molecule has 0 unspecified atom stereocenters. The lowest BCUT2D eigenvalue weighted by Crippen LogP contribution is -2.32. The minimum absolute atomic E-state index is 0.0349. The van der Waals surface area contributed by atoms with Crippen LogP contribution in [0.1, 0.15) is 17.7 Å². The third kappa shape index (κ3) is 3.64. The van der Waals surface area contributed by atoms with E-state index in [1.165, 1.54) is 0 Å². The second-order valence-corrected chi connectivity index (χ2v) is 8.24. The number of benzene rings is 2. The van der Waals surface area contributed by atoms with Gasteiger partial charge in [-0.2, -0.15) is 0 Å². The van der Waals surface area contributed by atoms with Crippen molar-refractivity contribution < 1.29 is 19.1 Å². The van der Waals surface area contributed by atoms with Crippen LogP contribution in [0.4, 0.5) is 0 Å². The number of para-hydroxylation sites is 1. The van der Waals surface area contributed by atoms with E-state index in [0.717, 1.165) is 32.1 Å². The topological polar surface area (TPSA) is 75.8 Å². The Morgan fingerprint density at radius 3 is 2.93 bits per heavy atom. The molecular weight excluding hydrogens is 400 g/mol. The fourth-order valence-electron chi connectivity index (χ4n) is 3.67. The van der Waals surface area contributed by atoms with Crippen LogP contribution in [-0.4, -0.2) is 34.0 Å². The van der Waals surface area contributed by atoms with Crippen molar-refractivity contribution in [2.24, 2.45) is 0 Å². The predicted octanol–water partition coefficient (Wildman–Crippen LogP) is 4.62. The second kappa shape index (κ2) is 7.84. The summed E-state index contributed by atoms with van der Waals surface area (Å²) in [6, 6.07) is 15.3. The fraction of sp³-hybridized carbons (Fsp3) is 0.217. The molecule has 1 aliphatic rings. The molecule has 1 N–H and O–H groups in total. The van der Waals surface area contributed by atoms with Gasteiger partial charge in [-0.25, -0.2) is 4.98 Å². The molecule has 30 heavy (non-hydrogen) atoms. The number of amides is 1. The average Bonchev–Trinajstić information content (AvgIpc) is 3.37. The number of aromatic hydroxyl groups is 1. The van der Waals surface area contributed by atoms with Crippen molar-refractivity contribution >= 4 is 27.5 Å². The van der Waals surface area contributed by atoms with Gasteiger partial charge in [0.15, 0.2) is 11.5 Å². The van der Waals surface area contributed by atoms with Crippen LogP contribution in [0, 0.1) is 0 Å². The van der Waals surface area contributed by atoms with E-state index in [-0.39, 0.29) is 11.7 Å². The Morgan fingerprint density at radius 2 is 2.10 bits per heavy atom. The number of rotatable bonds is 4. The van der Waals surface area contributed by atoms with Crippen molar-refractivity contribution in [1.82, 2.24) is 9.88 Å². The summed E-state index contributed by atoms with van der Waals surface area (Å²) in [7, 11) is 0. The number of hydrogen-bond donors (Lipinski definition) is 1. The van der Waals surface area contributed by atoms with Crippen LogP contribution in [-0.2, 0) is 17.8 Å². The largest absolute Gasteiger partial charge is 0.504 e. The Bertz CT molecular complexity index is 1170. The zero-order chi connectivity index (χ0) is 20.5. The number of carbonyl (C=O) groups excluding carboxylic acids is 1. The van der Waals surface area contributed by atoms with Crippen molar-refractivity contribution in [3.8, 4) is 22.1 Å². The zero-order valence-corrected chi connectivity index (χ0v) is 17.0. The molecule has 2 aromatic carbocycles. The van der Waals surface area contributed by atoms with Crippen LogP contribution in [0.25, 0.3) is 20.8 Å². The minimum Gasteiger partial charge on any atom is -0.504 e. The number of aryl methyl sites for hydroxylation is 1. The smallest absolute Gasteiger partial charge is 0.223 e. The minimum atomic E-state index is 0.0349. The van der Waals surface area contributed by atoms with Crippen molar-refractivity contribution in [2.45, 2.75) is 19.4 Å². The number of ether oxygens (including phenoxy) is 1. The van der Waals surface area contributed by atoms with Crippen LogP contribution in [0.2, 0.25) is 0 Å². The van der Waals surface area contributed by atoms with Gasteiger partial charge in [0.25, 0.3) is 0 Å². The Labute approximate surface area is 177 Å². The van der Waals surface area contributed by atoms with E-state index < -0.39 is 0 Å². The second-order valence-electron chi connectivity index (χ2n) is 7.21. The summed E-state index contributed by atoms with van der Waals surface area (Å²) in [6.45, 7) is 1.20. The summed E-state index contributed by atoms with van der Waals surface area (Å²) in [4.78, 5) is 19.2. The van der Waals surface area contributed by atoms with E-state index >= 15 is 0 Å². The Balaban J connectivity index is 1.41. The van der Waals surface area contributed by atoms with Crippen LogP contribution < -0.4 is 4.74 Å². The van der Waals surface area contributed by atoms with Gasteiger partial charge in [-0.15, -0.1) is 11.3 Å². The average molecular weight is 420 g/mol.